The fourth-order valence-corrected chi connectivity index (χ4v) is 4.46. The predicted molar refractivity (Wildman–Crippen MR) is 103 cm³/mol. The third-order valence-corrected chi connectivity index (χ3v) is 6.05. The number of carbonyl (C=O) groups is 1. The van der Waals surface area contributed by atoms with Crippen LogP contribution in [0.1, 0.15) is 16.0 Å². The summed E-state index contributed by atoms with van der Waals surface area (Å²) in [7, 11) is 0. The molecule has 2 heterocycles. The van der Waals surface area contributed by atoms with E-state index in [4.69, 9.17) is 0 Å². The number of aromatic nitrogens is 2. The highest BCUT2D eigenvalue weighted by molar-refractivity contribution is 8.00. The molecule has 0 fully saturated rings. The van der Waals surface area contributed by atoms with Crippen LogP contribution in [0.15, 0.2) is 35.6 Å². The van der Waals surface area contributed by atoms with Crippen LogP contribution < -0.4 is 10.1 Å². The van der Waals surface area contributed by atoms with Crippen molar-refractivity contribution in [2.75, 3.05) is 5.75 Å². The molecule has 0 atom stereocenters. The van der Waals surface area contributed by atoms with Gasteiger partial charge in [-0.05, 0) is 25.5 Å². The third kappa shape index (κ3) is 4.93. The summed E-state index contributed by atoms with van der Waals surface area (Å²) in [6, 6.07) is 5.70. The number of nitrogens with one attached hydrogen (secondary N) is 1. The maximum atomic E-state index is 12.5. The van der Waals surface area contributed by atoms with E-state index in [1.54, 1.807) is 17.4 Å². The summed E-state index contributed by atoms with van der Waals surface area (Å²) in [5.41, 5.74) is 1.33. The van der Waals surface area contributed by atoms with Crippen LogP contribution >= 0.6 is 23.1 Å². The predicted octanol–water partition coefficient (Wildman–Crippen LogP) is 4.62. The van der Waals surface area contributed by atoms with Gasteiger partial charge in [0.05, 0.1) is 5.75 Å². The molecule has 148 valence electrons. The molecule has 3 rings (SSSR count). The van der Waals surface area contributed by atoms with E-state index in [9.17, 15) is 18.0 Å². The standard InChI is InChI=1S/C18H16F3N3O2S2/c1-10-11(2)28-17-15(10)16(23-9-24-17)27-8-14(25)22-7-12-5-3-4-6-13(12)26-18(19,20)21/h3-6,9H,7-8H2,1-2H3,(H,22,25). The zero-order chi connectivity index (χ0) is 20.3. The Hall–Kier alpha value is -2.33. The van der Waals surface area contributed by atoms with Crippen LogP contribution in [0.4, 0.5) is 13.2 Å². The van der Waals surface area contributed by atoms with Crippen molar-refractivity contribution in [2.24, 2.45) is 0 Å². The lowest BCUT2D eigenvalue weighted by molar-refractivity contribution is -0.274. The van der Waals surface area contributed by atoms with Crippen molar-refractivity contribution >= 4 is 39.2 Å². The number of nitrogens with zero attached hydrogens (tertiary/aromatic N) is 2. The molecule has 0 spiro atoms. The smallest absolute Gasteiger partial charge is 0.405 e. The molecule has 1 amide bonds. The number of thiophene rings is 1. The van der Waals surface area contributed by atoms with Crippen molar-refractivity contribution in [1.82, 2.24) is 15.3 Å². The van der Waals surface area contributed by atoms with Crippen LogP contribution in [-0.4, -0.2) is 28.0 Å². The average molecular weight is 427 g/mol. The molecule has 3 aromatic rings. The van der Waals surface area contributed by atoms with Crippen LogP contribution in [-0.2, 0) is 11.3 Å². The summed E-state index contributed by atoms with van der Waals surface area (Å²) in [6.45, 7) is 3.92. The number of fused-ring (bicyclic) bond motifs is 1. The van der Waals surface area contributed by atoms with E-state index < -0.39 is 6.36 Å². The molecular weight excluding hydrogens is 411 g/mol. The Morgan fingerprint density at radius 3 is 2.75 bits per heavy atom. The largest absolute Gasteiger partial charge is 0.573 e. The second-order valence-corrected chi connectivity index (χ2v) is 8.03. The zero-order valence-corrected chi connectivity index (χ0v) is 16.6. The Morgan fingerprint density at radius 2 is 2.00 bits per heavy atom. The molecular formula is C18H16F3N3O2S2. The first-order valence-corrected chi connectivity index (χ1v) is 9.98. The fraction of sp³-hybridized carbons (Fsp3) is 0.278. The van der Waals surface area contributed by atoms with Gasteiger partial charge in [0, 0.05) is 22.4 Å². The van der Waals surface area contributed by atoms with Gasteiger partial charge in [0.2, 0.25) is 5.91 Å². The van der Waals surface area contributed by atoms with Gasteiger partial charge in [-0.3, -0.25) is 4.79 Å². The van der Waals surface area contributed by atoms with Crippen molar-refractivity contribution < 1.29 is 22.7 Å². The van der Waals surface area contributed by atoms with E-state index >= 15 is 0 Å². The highest BCUT2D eigenvalue weighted by Gasteiger charge is 2.32. The minimum atomic E-state index is -4.79. The van der Waals surface area contributed by atoms with Crippen molar-refractivity contribution in [3.05, 3.63) is 46.6 Å². The summed E-state index contributed by atoms with van der Waals surface area (Å²) in [5, 5.41) is 4.26. The van der Waals surface area contributed by atoms with Crippen molar-refractivity contribution in [1.29, 1.82) is 0 Å². The van der Waals surface area contributed by atoms with E-state index in [1.165, 1.54) is 36.3 Å². The van der Waals surface area contributed by atoms with E-state index in [0.29, 0.717) is 5.03 Å². The van der Waals surface area contributed by atoms with Gasteiger partial charge in [0.1, 0.15) is 21.9 Å². The first-order chi connectivity index (χ1) is 13.2. The summed E-state index contributed by atoms with van der Waals surface area (Å²) >= 11 is 2.84. The minimum Gasteiger partial charge on any atom is -0.405 e. The summed E-state index contributed by atoms with van der Waals surface area (Å²) < 4.78 is 41.4. The average Bonchev–Trinajstić information content (AvgIpc) is 2.92. The molecule has 0 aliphatic heterocycles. The Bertz CT molecular complexity index is 1010. The number of para-hydroxylation sites is 1. The molecule has 0 radical (unpaired) electrons. The molecule has 0 unspecified atom stereocenters. The second kappa shape index (κ2) is 8.36. The molecule has 0 aliphatic rings. The number of carbonyl (C=O) groups excluding carboxylic acids is 1. The topological polar surface area (TPSA) is 64.1 Å². The lowest BCUT2D eigenvalue weighted by atomic mass is 10.2. The Kier molecular flexibility index (Phi) is 6.09. The van der Waals surface area contributed by atoms with E-state index in [1.807, 2.05) is 13.8 Å². The molecule has 0 bridgehead atoms. The third-order valence-electron chi connectivity index (χ3n) is 3.94. The normalized spacial score (nSPS) is 11.6. The molecule has 5 nitrogen and oxygen atoms in total. The van der Waals surface area contributed by atoms with Crippen molar-refractivity contribution in [2.45, 2.75) is 31.8 Å². The molecule has 10 heteroatoms. The SMILES string of the molecule is Cc1sc2ncnc(SCC(=O)NCc3ccccc3OC(F)(F)F)c2c1C. The highest BCUT2D eigenvalue weighted by atomic mass is 32.2. The molecule has 0 saturated carbocycles. The number of amides is 1. The molecule has 28 heavy (non-hydrogen) atoms. The Morgan fingerprint density at radius 1 is 1.25 bits per heavy atom. The number of hydrogen-bond donors (Lipinski definition) is 1. The van der Waals surface area contributed by atoms with Gasteiger partial charge >= 0.3 is 6.36 Å². The Balaban J connectivity index is 1.62. The van der Waals surface area contributed by atoms with Crippen LogP contribution in [0.3, 0.4) is 0 Å². The highest BCUT2D eigenvalue weighted by Crippen LogP contribution is 2.34. The van der Waals surface area contributed by atoms with Gasteiger partial charge in [-0.2, -0.15) is 0 Å². The zero-order valence-electron chi connectivity index (χ0n) is 15.0. The van der Waals surface area contributed by atoms with Gasteiger partial charge in [-0.1, -0.05) is 30.0 Å². The number of rotatable bonds is 6. The summed E-state index contributed by atoms with van der Waals surface area (Å²) in [5.74, 6) is -0.559. The van der Waals surface area contributed by atoms with E-state index in [-0.39, 0.29) is 29.5 Å². The van der Waals surface area contributed by atoms with Crippen LogP contribution in [0, 0.1) is 13.8 Å². The monoisotopic (exact) mass is 427 g/mol. The Labute approximate surface area is 167 Å². The van der Waals surface area contributed by atoms with Gasteiger partial charge in [-0.25, -0.2) is 9.97 Å². The second-order valence-electron chi connectivity index (χ2n) is 5.86. The molecule has 1 N–H and O–H groups in total. The maximum Gasteiger partial charge on any atom is 0.573 e. The van der Waals surface area contributed by atoms with E-state index in [0.717, 1.165) is 20.7 Å². The van der Waals surface area contributed by atoms with E-state index in [2.05, 4.69) is 20.0 Å². The van der Waals surface area contributed by atoms with Crippen LogP contribution in [0.25, 0.3) is 10.2 Å². The lowest BCUT2D eigenvalue weighted by Crippen LogP contribution is -2.25. The summed E-state index contributed by atoms with van der Waals surface area (Å²) in [6.07, 6.45) is -3.33. The maximum absolute atomic E-state index is 12.5. The number of aryl methyl sites for hydroxylation is 2. The molecule has 0 aliphatic carbocycles. The number of ether oxygens (including phenoxy) is 1. The van der Waals surface area contributed by atoms with Crippen molar-refractivity contribution in [3.8, 4) is 5.75 Å². The molecule has 1 aromatic carbocycles. The number of halogens is 3. The van der Waals surface area contributed by atoms with Gasteiger partial charge in [-0.15, -0.1) is 24.5 Å². The number of hydrogen-bond acceptors (Lipinski definition) is 6. The van der Waals surface area contributed by atoms with Crippen LogP contribution in [0.5, 0.6) is 5.75 Å². The van der Waals surface area contributed by atoms with Crippen LogP contribution in [0.2, 0.25) is 0 Å². The first-order valence-electron chi connectivity index (χ1n) is 8.18. The lowest BCUT2D eigenvalue weighted by Gasteiger charge is -2.13. The molecule has 0 saturated heterocycles. The number of alkyl halides is 3. The van der Waals surface area contributed by atoms with Crippen molar-refractivity contribution in [3.63, 3.8) is 0 Å². The van der Waals surface area contributed by atoms with Gasteiger partial charge in [0.15, 0.2) is 0 Å². The first kappa shape index (κ1) is 20.4. The number of benzene rings is 1. The fourth-order valence-electron chi connectivity index (χ4n) is 2.51. The number of thioether (sulfide) groups is 1. The quantitative estimate of drug-likeness (QED) is 0.460. The van der Waals surface area contributed by atoms with Gasteiger partial charge < -0.3 is 10.1 Å². The van der Waals surface area contributed by atoms with Gasteiger partial charge in [0.25, 0.3) is 0 Å². The summed E-state index contributed by atoms with van der Waals surface area (Å²) in [4.78, 5) is 22.7. The minimum absolute atomic E-state index is 0.0680. The molecule has 2 aromatic heterocycles.